The molecule has 1 aliphatic rings. The van der Waals surface area contributed by atoms with Gasteiger partial charge < -0.3 is 14.8 Å². The fourth-order valence-corrected chi connectivity index (χ4v) is 4.44. The predicted molar refractivity (Wildman–Crippen MR) is 111 cm³/mol. The molecule has 0 radical (unpaired) electrons. The summed E-state index contributed by atoms with van der Waals surface area (Å²) in [5.41, 5.74) is 4.21. The minimum absolute atomic E-state index is 0.0421. The zero-order chi connectivity index (χ0) is 19.4. The van der Waals surface area contributed by atoms with E-state index in [9.17, 15) is 4.79 Å². The van der Waals surface area contributed by atoms with Crippen LogP contribution in [0.1, 0.15) is 47.6 Å². The highest BCUT2D eigenvalue weighted by molar-refractivity contribution is 5.95. The second-order valence-corrected chi connectivity index (χ2v) is 8.32. The number of nitrogens with zero attached hydrogens (tertiary/aromatic N) is 2. The molecule has 2 unspecified atom stereocenters. The highest BCUT2D eigenvalue weighted by atomic mass is 16.1. The lowest BCUT2D eigenvalue weighted by atomic mass is 9.92. The zero-order valence-corrected chi connectivity index (χ0v) is 17.2. The summed E-state index contributed by atoms with van der Waals surface area (Å²) in [6.45, 7) is 13.5. The molecule has 4 nitrogen and oxygen atoms in total. The van der Waals surface area contributed by atoms with Crippen molar-refractivity contribution in [2.24, 2.45) is 11.8 Å². The number of piperidine rings is 1. The minimum atomic E-state index is 0.0421. The number of aromatic nitrogens is 1. The van der Waals surface area contributed by atoms with Gasteiger partial charge in [0.25, 0.3) is 5.91 Å². The van der Waals surface area contributed by atoms with E-state index in [2.05, 4.69) is 59.8 Å². The van der Waals surface area contributed by atoms with Gasteiger partial charge in [-0.05, 0) is 43.7 Å². The lowest BCUT2D eigenvalue weighted by Crippen LogP contribution is -2.42. The molecule has 27 heavy (non-hydrogen) atoms. The molecule has 0 saturated carbocycles. The molecule has 1 N–H and O–H groups in total. The number of aryl methyl sites for hydroxylation is 1. The minimum Gasteiger partial charge on any atom is -0.351 e. The second-order valence-electron chi connectivity index (χ2n) is 8.32. The molecule has 0 spiro atoms. The molecule has 2 atom stereocenters. The fraction of sp³-hybridized carbons (Fsp3) is 0.522. The predicted octanol–water partition coefficient (Wildman–Crippen LogP) is 3.86. The van der Waals surface area contributed by atoms with Gasteiger partial charge in [-0.2, -0.15) is 0 Å². The Bertz CT molecular complexity index is 755. The summed E-state index contributed by atoms with van der Waals surface area (Å²) < 4.78 is 2.22. The molecule has 146 valence electrons. The van der Waals surface area contributed by atoms with Gasteiger partial charge in [0.2, 0.25) is 0 Å². The highest BCUT2D eigenvalue weighted by Gasteiger charge is 2.22. The third kappa shape index (κ3) is 5.01. The van der Waals surface area contributed by atoms with Gasteiger partial charge in [0.1, 0.15) is 0 Å². The van der Waals surface area contributed by atoms with E-state index in [4.69, 9.17) is 0 Å². The SMILES string of the molecule is Cc1cc(C(=O)NCCN2CC(C)CC(C)C2)c(C)n1Cc1ccccc1. The van der Waals surface area contributed by atoms with Gasteiger partial charge in [-0.15, -0.1) is 0 Å². The van der Waals surface area contributed by atoms with Crippen LogP contribution in [-0.2, 0) is 6.54 Å². The van der Waals surface area contributed by atoms with Crippen molar-refractivity contribution in [3.63, 3.8) is 0 Å². The summed E-state index contributed by atoms with van der Waals surface area (Å²) in [5.74, 6) is 1.54. The van der Waals surface area contributed by atoms with Gasteiger partial charge in [-0.1, -0.05) is 44.2 Å². The fourth-order valence-electron chi connectivity index (χ4n) is 4.44. The van der Waals surface area contributed by atoms with Crippen molar-refractivity contribution in [2.45, 2.75) is 40.7 Å². The van der Waals surface area contributed by atoms with Crippen molar-refractivity contribution in [3.8, 4) is 0 Å². The van der Waals surface area contributed by atoms with Gasteiger partial charge >= 0.3 is 0 Å². The van der Waals surface area contributed by atoms with E-state index in [1.807, 2.05) is 19.1 Å². The lowest BCUT2D eigenvalue weighted by Gasteiger charge is -2.34. The standard InChI is InChI=1S/C23H33N3O/c1-17-12-18(2)15-25(14-17)11-10-24-23(27)22-13-19(3)26(20(22)4)16-21-8-6-5-7-9-21/h5-9,13,17-18H,10-12,14-16H2,1-4H3,(H,24,27). The maximum Gasteiger partial charge on any atom is 0.253 e. The molecule has 1 amide bonds. The van der Waals surface area contributed by atoms with Crippen LogP contribution in [0.4, 0.5) is 0 Å². The van der Waals surface area contributed by atoms with E-state index in [0.717, 1.165) is 55.0 Å². The van der Waals surface area contributed by atoms with Crippen molar-refractivity contribution in [1.29, 1.82) is 0 Å². The molecule has 2 aromatic rings. The van der Waals surface area contributed by atoms with Crippen LogP contribution in [0.25, 0.3) is 0 Å². The maximum atomic E-state index is 12.7. The first-order chi connectivity index (χ1) is 12.9. The molecule has 1 aromatic heterocycles. The van der Waals surface area contributed by atoms with E-state index in [-0.39, 0.29) is 5.91 Å². The second kappa shape index (κ2) is 8.75. The Kier molecular flexibility index (Phi) is 6.38. The van der Waals surface area contributed by atoms with Crippen molar-refractivity contribution in [3.05, 3.63) is 58.9 Å². The first-order valence-corrected chi connectivity index (χ1v) is 10.1. The summed E-state index contributed by atoms with van der Waals surface area (Å²) in [7, 11) is 0. The quantitative estimate of drug-likeness (QED) is 0.842. The van der Waals surface area contributed by atoms with E-state index >= 15 is 0 Å². The largest absolute Gasteiger partial charge is 0.351 e. The van der Waals surface area contributed by atoms with Crippen LogP contribution in [-0.4, -0.2) is 41.6 Å². The molecule has 3 rings (SSSR count). The normalized spacial score (nSPS) is 20.6. The van der Waals surface area contributed by atoms with Gasteiger partial charge in [0.05, 0.1) is 5.56 Å². The molecule has 4 heteroatoms. The number of nitrogens with one attached hydrogen (secondary N) is 1. The molecule has 1 aliphatic heterocycles. The van der Waals surface area contributed by atoms with Crippen LogP contribution >= 0.6 is 0 Å². The molecule has 1 aromatic carbocycles. The number of likely N-dealkylation sites (tertiary alicyclic amines) is 1. The van der Waals surface area contributed by atoms with E-state index in [0.29, 0.717) is 6.54 Å². The van der Waals surface area contributed by atoms with Crippen LogP contribution in [0.3, 0.4) is 0 Å². The third-order valence-corrected chi connectivity index (χ3v) is 5.66. The Hall–Kier alpha value is -2.07. The molecular weight excluding hydrogens is 334 g/mol. The molecule has 0 aliphatic carbocycles. The smallest absolute Gasteiger partial charge is 0.253 e. The Balaban J connectivity index is 1.58. The summed E-state index contributed by atoms with van der Waals surface area (Å²) in [4.78, 5) is 15.2. The summed E-state index contributed by atoms with van der Waals surface area (Å²) in [5, 5.41) is 3.13. The zero-order valence-electron chi connectivity index (χ0n) is 17.2. The Morgan fingerprint density at radius 2 is 1.78 bits per heavy atom. The Labute approximate surface area is 163 Å². The number of carbonyl (C=O) groups excluding carboxylic acids is 1. The highest BCUT2D eigenvalue weighted by Crippen LogP contribution is 2.20. The lowest BCUT2D eigenvalue weighted by molar-refractivity contribution is 0.0936. The first kappa shape index (κ1) is 19.7. The van der Waals surface area contributed by atoms with Crippen molar-refractivity contribution >= 4 is 5.91 Å². The van der Waals surface area contributed by atoms with Crippen LogP contribution in [0, 0.1) is 25.7 Å². The number of benzene rings is 1. The maximum absolute atomic E-state index is 12.7. The van der Waals surface area contributed by atoms with Crippen LogP contribution in [0.2, 0.25) is 0 Å². The first-order valence-electron chi connectivity index (χ1n) is 10.1. The molecule has 1 saturated heterocycles. The number of rotatable bonds is 6. The Morgan fingerprint density at radius 1 is 1.11 bits per heavy atom. The number of carbonyl (C=O) groups is 1. The third-order valence-electron chi connectivity index (χ3n) is 5.66. The molecule has 2 heterocycles. The van der Waals surface area contributed by atoms with Crippen molar-refractivity contribution in [2.75, 3.05) is 26.2 Å². The van der Waals surface area contributed by atoms with E-state index in [1.54, 1.807) is 0 Å². The Morgan fingerprint density at radius 3 is 2.44 bits per heavy atom. The van der Waals surface area contributed by atoms with Gasteiger partial charge in [0.15, 0.2) is 0 Å². The van der Waals surface area contributed by atoms with Crippen molar-refractivity contribution < 1.29 is 4.79 Å². The van der Waals surface area contributed by atoms with Crippen molar-refractivity contribution in [1.82, 2.24) is 14.8 Å². The van der Waals surface area contributed by atoms with Crippen LogP contribution in [0.15, 0.2) is 36.4 Å². The average Bonchev–Trinajstić information content (AvgIpc) is 2.90. The van der Waals surface area contributed by atoms with Gasteiger partial charge in [0, 0.05) is 44.1 Å². The summed E-state index contributed by atoms with van der Waals surface area (Å²) in [6.07, 6.45) is 1.32. The molecule has 1 fully saturated rings. The number of hydrogen-bond acceptors (Lipinski definition) is 2. The van der Waals surface area contributed by atoms with Crippen LogP contribution in [0.5, 0.6) is 0 Å². The van der Waals surface area contributed by atoms with Gasteiger partial charge in [-0.25, -0.2) is 0 Å². The summed E-state index contributed by atoms with van der Waals surface area (Å²) in [6, 6.07) is 12.4. The van der Waals surface area contributed by atoms with Crippen LogP contribution < -0.4 is 5.32 Å². The average molecular weight is 368 g/mol. The monoisotopic (exact) mass is 367 g/mol. The number of hydrogen-bond donors (Lipinski definition) is 1. The summed E-state index contributed by atoms with van der Waals surface area (Å²) >= 11 is 0. The molecular formula is C23H33N3O. The topological polar surface area (TPSA) is 37.3 Å². The molecule has 0 bridgehead atoms. The van der Waals surface area contributed by atoms with E-state index in [1.165, 1.54) is 12.0 Å². The number of amides is 1. The van der Waals surface area contributed by atoms with E-state index < -0.39 is 0 Å². The van der Waals surface area contributed by atoms with Gasteiger partial charge in [-0.3, -0.25) is 4.79 Å².